The lowest BCUT2D eigenvalue weighted by molar-refractivity contribution is -0.141. The van der Waals surface area contributed by atoms with Gasteiger partial charge >= 0.3 is 5.97 Å². The molecule has 0 radical (unpaired) electrons. The molecule has 0 bridgehead atoms. The van der Waals surface area contributed by atoms with E-state index in [4.69, 9.17) is 5.11 Å². The number of carboxylic acid groups (broad SMARTS) is 1. The van der Waals surface area contributed by atoms with Crippen LogP contribution < -0.4 is 0 Å². The summed E-state index contributed by atoms with van der Waals surface area (Å²) in [5, 5.41) is 18.1. The molecule has 1 atom stereocenters. The van der Waals surface area contributed by atoms with Gasteiger partial charge in [-0.05, 0) is 0 Å². The molecular formula is C8H12N4O3. The van der Waals surface area contributed by atoms with E-state index in [2.05, 4.69) is 15.4 Å². The number of carbonyl (C=O) groups excluding carboxylic acids is 1. The molecule has 1 amide bonds. The van der Waals surface area contributed by atoms with Gasteiger partial charge in [0.2, 0.25) is 0 Å². The average Bonchev–Trinajstić information content (AvgIpc) is 2.68. The van der Waals surface area contributed by atoms with Gasteiger partial charge in [0.05, 0.1) is 12.1 Å². The Labute approximate surface area is 86.1 Å². The number of hydrogen-bond donors (Lipinski definition) is 2. The number of hydrogen-bond acceptors (Lipinski definition) is 4. The van der Waals surface area contributed by atoms with Gasteiger partial charge in [0, 0.05) is 13.6 Å². The first kappa shape index (κ1) is 11.2. The maximum atomic E-state index is 11.6. The summed E-state index contributed by atoms with van der Waals surface area (Å²) in [5.74, 6) is -1.89. The van der Waals surface area contributed by atoms with E-state index in [0.717, 1.165) is 0 Å². The van der Waals surface area contributed by atoms with Crippen LogP contribution in [0, 0.1) is 5.92 Å². The summed E-state index contributed by atoms with van der Waals surface area (Å²) in [5.41, 5.74) is 0.176. The van der Waals surface area contributed by atoms with Crippen LogP contribution in [0.3, 0.4) is 0 Å². The van der Waals surface area contributed by atoms with Crippen molar-refractivity contribution in [2.75, 3.05) is 13.6 Å². The minimum absolute atomic E-state index is 0.140. The first-order chi connectivity index (χ1) is 7.02. The van der Waals surface area contributed by atoms with Crippen LogP contribution in [0.4, 0.5) is 0 Å². The van der Waals surface area contributed by atoms with E-state index in [1.54, 1.807) is 0 Å². The Kier molecular flexibility index (Phi) is 3.37. The van der Waals surface area contributed by atoms with E-state index >= 15 is 0 Å². The van der Waals surface area contributed by atoms with Crippen molar-refractivity contribution in [3.8, 4) is 0 Å². The molecule has 0 saturated heterocycles. The number of nitrogens with one attached hydrogen (secondary N) is 1. The van der Waals surface area contributed by atoms with Gasteiger partial charge in [0.1, 0.15) is 0 Å². The lowest BCUT2D eigenvalue weighted by Gasteiger charge is -2.17. The number of carbonyl (C=O) groups is 2. The Bertz CT molecular complexity index is 349. The SMILES string of the molecule is CC(CN(C)C(=O)c1cn[nH]n1)C(=O)O. The second-order valence-electron chi connectivity index (χ2n) is 3.28. The molecule has 1 rings (SSSR count). The molecule has 15 heavy (non-hydrogen) atoms. The van der Waals surface area contributed by atoms with Crippen molar-refractivity contribution in [1.29, 1.82) is 0 Å². The zero-order valence-electron chi connectivity index (χ0n) is 8.47. The summed E-state index contributed by atoms with van der Waals surface area (Å²) < 4.78 is 0. The van der Waals surface area contributed by atoms with Gasteiger partial charge in [-0.3, -0.25) is 9.59 Å². The minimum Gasteiger partial charge on any atom is -0.481 e. The standard InChI is InChI=1S/C8H12N4O3/c1-5(8(14)15)4-12(2)7(13)6-3-9-11-10-6/h3,5H,4H2,1-2H3,(H,14,15)(H,9,10,11). The number of aromatic amines is 1. The van der Waals surface area contributed by atoms with Crippen molar-refractivity contribution < 1.29 is 14.7 Å². The van der Waals surface area contributed by atoms with E-state index in [1.165, 1.54) is 25.1 Å². The van der Waals surface area contributed by atoms with Crippen molar-refractivity contribution in [3.63, 3.8) is 0 Å². The Balaban J connectivity index is 2.58. The van der Waals surface area contributed by atoms with Crippen LogP contribution in [0.2, 0.25) is 0 Å². The van der Waals surface area contributed by atoms with Crippen molar-refractivity contribution >= 4 is 11.9 Å². The van der Waals surface area contributed by atoms with Crippen molar-refractivity contribution in [3.05, 3.63) is 11.9 Å². The van der Waals surface area contributed by atoms with Gasteiger partial charge in [0.15, 0.2) is 5.69 Å². The molecule has 0 aliphatic heterocycles. The predicted molar refractivity (Wildman–Crippen MR) is 50.1 cm³/mol. The molecule has 7 heteroatoms. The fourth-order valence-corrected chi connectivity index (χ4v) is 1.07. The summed E-state index contributed by atoms with van der Waals surface area (Å²) >= 11 is 0. The molecule has 2 N–H and O–H groups in total. The number of carboxylic acids is 1. The molecule has 0 aliphatic rings. The molecule has 0 spiro atoms. The van der Waals surface area contributed by atoms with Gasteiger partial charge in [-0.2, -0.15) is 15.4 Å². The fraction of sp³-hybridized carbons (Fsp3) is 0.500. The number of amides is 1. The van der Waals surface area contributed by atoms with Crippen LogP contribution in [0.25, 0.3) is 0 Å². The van der Waals surface area contributed by atoms with E-state index in [9.17, 15) is 9.59 Å². The molecule has 7 nitrogen and oxygen atoms in total. The molecule has 0 aliphatic carbocycles. The minimum atomic E-state index is -0.935. The van der Waals surface area contributed by atoms with Crippen molar-refractivity contribution in [2.45, 2.75) is 6.92 Å². The third kappa shape index (κ3) is 2.76. The fourth-order valence-electron chi connectivity index (χ4n) is 1.07. The molecule has 1 aromatic heterocycles. The molecular weight excluding hydrogens is 200 g/mol. The zero-order valence-corrected chi connectivity index (χ0v) is 8.47. The highest BCUT2D eigenvalue weighted by Gasteiger charge is 2.19. The number of aromatic nitrogens is 3. The van der Waals surface area contributed by atoms with Crippen LogP contribution >= 0.6 is 0 Å². The highest BCUT2D eigenvalue weighted by atomic mass is 16.4. The number of H-pyrrole nitrogens is 1. The molecule has 82 valence electrons. The maximum absolute atomic E-state index is 11.6. The highest BCUT2D eigenvalue weighted by Crippen LogP contribution is 2.02. The number of aliphatic carboxylic acids is 1. The van der Waals surface area contributed by atoms with Crippen LogP contribution in [-0.2, 0) is 4.79 Å². The van der Waals surface area contributed by atoms with Gasteiger partial charge in [-0.1, -0.05) is 6.92 Å². The Hall–Kier alpha value is -1.92. The topological polar surface area (TPSA) is 99.2 Å². The second-order valence-corrected chi connectivity index (χ2v) is 3.28. The van der Waals surface area contributed by atoms with Crippen LogP contribution in [0.5, 0.6) is 0 Å². The number of nitrogens with zero attached hydrogens (tertiary/aromatic N) is 3. The number of rotatable bonds is 4. The summed E-state index contributed by atoms with van der Waals surface area (Å²) in [4.78, 5) is 23.4. The van der Waals surface area contributed by atoms with Gasteiger partial charge < -0.3 is 10.0 Å². The van der Waals surface area contributed by atoms with E-state index in [0.29, 0.717) is 0 Å². The maximum Gasteiger partial charge on any atom is 0.308 e. The molecule has 0 saturated carbocycles. The Morgan fingerprint density at radius 3 is 2.80 bits per heavy atom. The average molecular weight is 212 g/mol. The van der Waals surface area contributed by atoms with E-state index in [1.807, 2.05) is 0 Å². The smallest absolute Gasteiger partial charge is 0.308 e. The Morgan fingerprint density at radius 2 is 2.33 bits per heavy atom. The molecule has 1 unspecified atom stereocenters. The van der Waals surface area contributed by atoms with E-state index in [-0.39, 0.29) is 18.1 Å². The van der Waals surface area contributed by atoms with Gasteiger partial charge in [0.25, 0.3) is 5.91 Å². The van der Waals surface area contributed by atoms with Gasteiger partial charge in [-0.15, -0.1) is 0 Å². The summed E-state index contributed by atoms with van der Waals surface area (Å²) in [6.45, 7) is 1.68. The predicted octanol–water partition coefficient (Wildman–Crippen LogP) is -0.403. The third-order valence-corrected chi connectivity index (χ3v) is 1.95. The first-order valence-corrected chi connectivity index (χ1v) is 4.36. The van der Waals surface area contributed by atoms with E-state index < -0.39 is 11.9 Å². The quantitative estimate of drug-likeness (QED) is 0.707. The van der Waals surface area contributed by atoms with Crippen molar-refractivity contribution in [1.82, 2.24) is 20.3 Å². The molecule has 1 aromatic rings. The first-order valence-electron chi connectivity index (χ1n) is 4.36. The summed E-state index contributed by atoms with van der Waals surface area (Å²) in [6.07, 6.45) is 1.30. The third-order valence-electron chi connectivity index (χ3n) is 1.95. The second kappa shape index (κ2) is 4.54. The zero-order chi connectivity index (χ0) is 11.4. The van der Waals surface area contributed by atoms with Gasteiger partial charge in [-0.25, -0.2) is 0 Å². The summed E-state index contributed by atoms with van der Waals surface area (Å²) in [7, 11) is 1.52. The molecule has 1 heterocycles. The normalized spacial score (nSPS) is 12.1. The van der Waals surface area contributed by atoms with Crippen LogP contribution in [-0.4, -0.2) is 50.9 Å². The van der Waals surface area contributed by atoms with Crippen molar-refractivity contribution in [2.24, 2.45) is 5.92 Å². The molecule has 0 aromatic carbocycles. The van der Waals surface area contributed by atoms with Crippen LogP contribution in [0.1, 0.15) is 17.4 Å². The largest absolute Gasteiger partial charge is 0.481 e. The summed E-state index contributed by atoms with van der Waals surface area (Å²) in [6, 6.07) is 0. The monoisotopic (exact) mass is 212 g/mol. The van der Waals surface area contributed by atoms with Crippen LogP contribution in [0.15, 0.2) is 6.20 Å². The lowest BCUT2D eigenvalue weighted by atomic mass is 10.2. The Morgan fingerprint density at radius 1 is 1.67 bits per heavy atom. The molecule has 0 fully saturated rings. The highest BCUT2D eigenvalue weighted by molar-refractivity contribution is 5.91. The lowest BCUT2D eigenvalue weighted by Crippen LogP contribution is -2.33.